The number of nitrogens with zero attached hydrogens (tertiary/aromatic N) is 2. The van der Waals surface area contributed by atoms with Crippen molar-refractivity contribution in [1.29, 1.82) is 0 Å². The van der Waals surface area contributed by atoms with Gasteiger partial charge in [-0.2, -0.15) is 0 Å². The second-order valence-corrected chi connectivity index (χ2v) is 6.80. The van der Waals surface area contributed by atoms with Crippen LogP contribution in [0, 0.1) is 0 Å². The van der Waals surface area contributed by atoms with Crippen LogP contribution in [0.2, 0.25) is 0 Å². The van der Waals surface area contributed by atoms with E-state index in [-0.39, 0.29) is 11.9 Å². The highest BCUT2D eigenvalue weighted by atomic mass is 32.1. The quantitative estimate of drug-likeness (QED) is 0.798. The number of aromatic nitrogens is 1. The molecule has 0 unspecified atom stereocenters. The molecule has 3 N–H and O–H groups in total. The van der Waals surface area contributed by atoms with Gasteiger partial charge in [-0.3, -0.25) is 10.1 Å². The summed E-state index contributed by atoms with van der Waals surface area (Å²) in [6.07, 6.45) is 0.907. The van der Waals surface area contributed by atoms with Crippen molar-refractivity contribution in [2.75, 3.05) is 29.5 Å². The first-order valence-electron chi connectivity index (χ1n) is 7.62. The van der Waals surface area contributed by atoms with Gasteiger partial charge >= 0.3 is 6.03 Å². The number of fused-ring (bicyclic) bond motifs is 1. The van der Waals surface area contributed by atoms with Gasteiger partial charge in [0.2, 0.25) is 5.91 Å². The molecule has 0 fully saturated rings. The lowest BCUT2D eigenvalue weighted by Crippen LogP contribution is -2.25. The summed E-state index contributed by atoms with van der Waals surface area (Å²) in [7, 11) is 2.07. The van der Waals surface area contributed by atoms with E-state index in [1.807, 2.05) is 0 Å². The van der Waals surface area contributed by atoms with Gasteiger partial charge in [0.05, 0.1) is 5.69 Å². The number of anilines is 3. The molecule has 126 valence electrons. The summed E-state index contributed by atoms with van der Waals surface area (Å²) >= 11 is 1.51. The van der Waals surface area contributed by atoms with Gasteiger partial charge < -0.3 is 15.5 Å². The van der Waals surface area contributed by atoms with Crippen LogP contribution in [-0.4, -0.2) is 35.4 Å². The Morgan fingerprint density at radius 1 is 1.21 bits per heavy atom. The molecule has 1 aliphatic rings. The second kappa shape index (κ2) is 6.98. The van der Waals surface area contributed by atoms with E-state index >= 15 is 0 Å². The maximum absolute atomic E-state index is 12.1. The van der Waals surface area contributed by atoms with Gasteiger partial charge in [0, 0.05) is 42.7 Å². The predicted octanol–water partition coefficient (Wildman–Crippen LogP) is 2.73. The van der Waals surface area contributed by atoms with Crippen LogP contribution < -0.4 is 16.0 Å². The van der Waals surface area contributed by atoms with Crippen molar-refractivity contribution < 1.29 is 9.59 Å². The van der Waals surface area contributed by atoms with Gasteiger partial charge in [-0.05, 0) is 25.2 Å². The molecule has 24 heavy (non-hydrogen) atoms. The number of urea groups is 1. The van der Waals surface area contributed by atoms with Crippen molar-refractivity contribution in [2.45, 2.75) is 19.9 Å². The summed E-state index contributed by atoms with van der Waals surface area (Å²) in [6.45, 7) is 3.29. The highest BCUT2D eigenvalue weighted by Gasteiger charge is 2.19. The molecule has 3 rings (SSSR count). The molecule has 0 saturated carbocycles. The Balaban J connectivity index is 1.63. The molecular formula is C16H19N5O2S. The molecule has 1 aliphatic heterocycles. The molecule has 0 bridgehead atoms. The number of thiazole rings is 1. The topological polar surface area (TPSA) is 86.4 Å². The summed E-state index contributed by atoms with van der Waals surface area (Å²) in [5.74, 6) is -0.157. The lowest BCUT2D eigenvalue weighted by Gasteiger charge is -2.20. The van der Waals surface area contributed by atoms with Gasteiger partial charge in [0.15, 0.2) is 5.13 Å². The fourth-order valence-corrected chi connectivity index (χ4v) is 3.60. The average Bonchev–Trinajstić information content (AvgIpc) is 2.87. The van der Waals surface area contributed by atoms with E-state index in [9.17, 15) is 9.59 Å². The van der Waals surface area contributed by atoms with Gasteiger partial charge in [-0.15, -0.1) is 11.3 Å². The van der Waals surface area contributed by atoms with E-state index in [1.165, 1.54) is 23.1 Å². The highest BCUT2D eigenvalue weighted by molar-refractivity contribution is 7.15. The molecule has 2 aromatic rings. The van der Waals surface area contributed by atoms with Crippen molar-refractivity contribution in [3.63, 3.8) is 0 Å². The standard InChI is InChI=1S/C16H19N5O2S/c1-10(22)17-11-4-3-5-12(8-11)18-15(23)20-16-19-13-6-7-21(2)9-14(13)24-16/h3-5,8H,6-7,9H2,1-2H3,(H,17,22)(H2,18,19,20,23). The molecule has 7 nitrogen and oxygen atoms in total. The van der Waals surface area contributed by atoms with Crippen LogP contribution in [-0.2, 0) is 17.8 Å². The van der Waals surface area contributed by atoms with Crippen LogP contribution in [0.25, 0.3) is 0 Å². The number of carbonyl (C=O) groups excluding carboxylic acids is 2. The summed E-state index contributed by atoms with van der Waals surface area (Å²) in [5, 5.41) is 8.80. The summed E-state index contributed by atoms with van der Waals surface area (Å²) in [6, 6.07) is 6.62. The molecular weight excluding hydrogens is 326 g/mol. The first kappa shape index (κ1) is 16.4. The molecule has 0 saturated heterocycles. The van der Waals surface area contributed by atoms with Crippen molar-refractivity contribution in [1.82, 2.24) is 9.88 Å². The number of rotatable bonds is 3. The van der Waals surface area contributed by atoms with E-state index in [0.29, 0.717) is 16.5 Å². The van der Waals surface area contributed by atoms with Gasteiger partial charge in [0.25, 0.3) is 0 Å². The molecule has 1 aromatic heterocycles. The number of nitrogens with one attached hydrogen (secondary N) is 3. The first-order chi connectivity index (χ1) is 11.5. The van der Waals surface area contributed by atoms with Crippen LogP contribution in [0.4, 0.5) is 21.3 Å². The molecule has 0 aliphatic carbocycles. The van der Waals surface area contributed by atoms with Gasteiger partial charge in [0.1, 0.15) is 0 Å². The summed E-state index contributed by atoms with van der Waals surface area (Å²) in [4.78, 5) is 31.1. The van der Waals surface area contributed by atoms with Crippen LogP contribution in [0.3, 0.4) is 0 Å². The molecule has 0 radical (unpaired) electrons. The zero-order valence-electron chi connectivity index (χ0n) is 13.5. The Morgan fingerprint density at radius 2 is 1.96 bits per heavy atom. The minimum absolute atomic E-state index is 0.157. The third-order valence-corrected chi connectivity index (χ3v) is 4.58. The number of amides is 3. The number of benzene rings is 1. The van der Waals surface area contributed by atoms with E-state index in [1.54, 1.807) is 24.3 Å². The Hall–Kier alpha value is -2.45. The van der Waals surface area contributed by atoms with Crippen LogP contribution in [0.15, 0.2) is 24.3 Å². The molecule has 8 heteroatoms. The third kappa shape index (κ3) is 4.09. The van der Waals surface area contributed by atoms with Gasteiger partial charge in [-0.1, -0.05) is 6.07 Å². The monoisotopic (exact) mass is 345 g/mol. The second-order valence-electron chi connectivity index (χ2n) is 5.72. The predicted molar refractivity (Wildman–Crippen MR) is 95.5 cm³/mol. The number of likely N-dealkylation sites (N-methyl/N-ethyl adjacent to an activating group) is 1. The minimum Gasteiger partial charge on any atom is -0.326 e. The highest BCUT2D eigenvalue weighted by Crippen LogP contribution is 2.27. The maximum atomic E-state index is 12.1. The van der Waals surface area contributed by atoms with Gasteiger partial charge in [-0.25, -0.2) is 9.78 Å². The number of hydrogen-bond donors (Lipinski definition) is 3. The van der Waals surface area contributed by atoms with E-state index in [0.717, 1.165) is 25.2 Å². The van der Waals surface area contributed by atoms with Crippen molar-refractivity contribution >= 4 is 39.8 Å². The van der Waals surface area contributed by atoms with E-state index in [4.69, 9.17) is 0 Å². The van der Waals surface area contributed by atoms with Crippen molar-refractivity contribution in [2.24, 2.45) is 0 Å². The van der Waals surface area contributed by atoms with Crippen molar-refractivity contribution in [3.8, 4) is 0 Å². The number of carbonyl (C=O) groups is 2. The summed E-state index contributed by atoms with van der Waals surface area (Å²) < 4.78 is 0. The molecule has 1 aromatic carbocycles. The Kier molecular flexibility index (Phi) is 4.77. The normalized spacial score (nSPS) is 13.9. The average molecular weight is 345 g/mol. The fourth-order valence-electron chi connectivity index (χ4n) is 2.51. The maximum Gasteiger partial charge on any atom is 0.325 e. The zero-order valence-corrected chi connectivity index (χ0v) is 14.4. The lowest BCUT2D eigenvalue weighted by molar-refractivity contribution is -0.114. The Morgan fingerprint density at radius 3 is 2.71 bits per heavy atom. The Labute approximate surface area is 144 Å². The van der Waals surface area contributed by atoms with Crippen molar-refractivity contribution in [3.05, 3.63) is 34.8 Å². The van der Waals surface area contributed by atoms with E-state index < -0.39 is 0 Å². The Bertz CT molecular complexity index is 774. The zero-order chi connectivity index (χ0) is 17.1. The first-order valence-corrected chi connectivity index (χ1v) is 8.44. The smallest absolute Gasteiger partial charge is 0.325 e. The van der Waals surface area contributed by atoms with Crippen LogP contribution in [0.1, 0.15) is 17.5 Å². The fraction of sp³-hybridized carbons (Fsp3) is 0.312. The van der Waals surface area contributed by atoms with Crippen LogP contribution >= 0.6 is 11.3 Å². The number of hydrogen-bond acceptors (Lipinski definition) is 5. The van der Waals surface area contributed by atoms with Crippen LogP contribution in [0.5, 0.6) is 0 Å². The SMILES string of the molecule is CC(=O)Nc1cccc(NC(=O)Nc2nc3c(s2)CN(C)CC3)c1. The minimum atomic E-state index is -0.352. The molecule has 2 heterocycles. The molecule has 3 amide bonds. The summed E-state index contributed by atoms with van der Waals surface area (Å²) in [5.41, 5.74) is 2.30. The third-order valence-electron chi connectivity index (χ3n) is 3.58. The van der Waals surface area contributed by atoms with E-state index in [2.05, 4.69) is 32.9 Å². The molecule has 0 spiro atoms. The lowest BCUT2D eigenvalue weighted by atomic mass is 10.2. The molecule has 0 atom stereocenters. The largest absolute Gasteiger partial charge is 0.326 e.